The van der Waals surface area contributed by atoms with Gasteiger partial charge in [-0.1, -0.05) is 12.2 Å². The Kier molecular flexibility index (Phi) is 3.54. The molecule has 0 aliphatic heterocycles. The second kappa shape index (κ2) is 5.11. The number of thiophene rings is 1. The average molecular weight is 218 g/mol. The van der Waals surface area contributed by atoms with Crippen molar-refractivity contribution in [3.8, 4) is 6.07 Å². The van der Waals surface area contributed by atoms with Crippen LogP contribution in [0.25, 0.3) is 0 Å². The van der Waals surface area contributed by atoms with Gasteiger partial charge in [0, 0.05) is 22.8 Å². The molecule has 1 N–H and O–H groups in total. The van der Waals surface area contributed by atoms with E-state index in [4.69, 9.17) is 5.26 Å². The molecule has 1 aromatic heterocycles. The van der Waals surface area contributed by atoms with Crippen LogP contribution in [-0.4, -0.2) is 6.04 Å². The van der Waals surface area contributed by atoms with E-state index >= 15 is 0 Å². The molecule has 0 saturated carbocycles. The molecule has 1 atom stereocenters. The second-order valence-electron chi connectivity index (χ2n) is 3.76. The molecule has 0 bridgehead atoms. The van der Waals surface area contributed by atoms with Gasteiger partial charge >= 0.3 is 0 Å². The van der Waals surface area contributed by atoms with Crippen molar-refractivity contribution >= 4 is 11.3 Å². The van der Waals surface area contributed by atoms with Gasteiger partial charge in [0.15, 0.2) is 0 Å². The maximum atomic E-state index is 8.69. The van der Waals surface area contributed by atoms with Gasteiger partial charge in [-0.15, -0.1) is 11.3 Å². The highest BCUT2D eigenvalue weighted by Gasteiger charge is 2.07. The van der Waals surface area contributed by atoms with Crippen molar-refractivity contribution in [1.29, 1.82) is 5.26 Å². The molecule has 0 spiro atoms. The van der Waals surface area contributed by atoms with Crippen molar-refractivity contribution in [1.82, 2.24) is 5.32 Å². The summed E-state index contributed by atoms with van der Waals surface area (Å²) in [7, 11) is 0. The third-order valence-electron chi connectivity index (χ3n) is 2.58. The largest absolute Gasteiger partial charge is 0.306 e. The highest BCUT2D eigenvalue weighted by molar-refractivity contribution is 7.10. The van der Waals surface area contributed by atoms with Crippen LogP contribution in [0.4, 0.5) is 0 Å². The van der Waals surface area contributed by atoms with Crippen molar-refractivity contribution in [2.24, 2.45) is 0 Å². The summed E-state index contributed by atoms with van der Waals surface area (Å²) in [5.74, 6) is 0. The predicted octanol–water partition coefficient (Wildman–Crippen LogP) is 2.82. The minimum Gasteiger partial charge on any atom is -0.306 e. The average Bonchev–Trinajstić information content (AvgIpc) is 2.76. The normalized spacial score (nSPS) is 20.1. The van der Waals surface area contributed by atoms with E-state index in [1.165, 1.54) is 24.1 Å². The molecule has 0 amide bonds. The van der Waals surface area contributed by atoms with Crippen molar-refractivity contribution in [2.75, 3.05) is 0 Å². The van der Waals surface area contributed by atoms with E-state index in [0.29, 0.717) is 6.04 Å². The van der Waals surface area contributed by atoms with E-state index < -0.39 is 0 Å². The van der Waals surface area contributed by atoms with E-state index in [9.17, 15) is 0 Å². The first-order chi connectivity index (χ1) is 7.38. The molecule has 0 saturated heterocycles. The fourth-order valence-corrected chi connectivity index (χ4v) is 2.51. The summed E-state index contributed by atoms with van der Waals surface area (Å²) < 4.78 is 0. The number of hydrogen-bond acceptors (Lipinski definition) is 3. The summed E-state index contributed by atoms with van der Waals surface area (Å²) >= 11 is 1.65. The van der Waals surface area contributed by atoms with Gasteiger partial charge in [0.05, 0.1) is 5.56 Å². The molecule has 78 valence electrons. The third kappa shape index (κ3) is 2.92. The van der Waals surface area contributed by atoms with Crippen molar-refractivity contribution < 1.29 is 0 Å². The molecule has 1 aromatic rings. The Morgan fingerprint density at radius 1 is 1.60 bits per heavy atom. The molecule has 0 aromatic carbocycles. The monoisotopic (exact) mass is 218 g/mol. The SMILES string of the molecule is N#Cc1csc(CNC2C=CCCC2)c1. The smallest absolute Gasteiger partial charge is 0.100 e. The molecular formula is C12H14N2S. The van der Waals surface area contributed by atoms with Crippen LogP contribution in [0.3, 0.4) is 0 Å². The summed E-state index contributed by atoms with van der Waals surface area (Å²) in [6.45, 7) is 0.876. The zero-order chi connectivity index (χ0) is 10.5. The van der Waals surface area contributed by atoms with E-state index in [0.717, 1.165) is 12.1 Å². The zero-order valence-electron chi connectivity index (χ0n) is 8.57. The Balaban J connectivity index is 1.85. The predicted molar refractivity (Wildman–Crippen MR) is 62.7 cm³/mol. The Morgan fingerprint density at radius 2 is 2.53 bits per heavy atom. The molecular weight excluding hydrogens is 204 g/mol. The van der Waals surface area contributed by atoms with Crippen LogP contribution in [0.5, 0.6) is 0 Å². The summed E-state index contributed by atoms with van der Waals surface area (Å²) in [6.07, 6.45) is 8.23. The fourth-order valence-electron chi connectivity index (χ4n) is 1.75. The van der Waals surface area contributed by atoms with Crippen LogP contribution in [-0.2, 0) is 6.54 Å². The summed E-state index contributed by atoms with van der Waals surface area (Å²) in [6, 6.07) is 4.64. The molecule has 1 unspecified atom stereocenters. The molecule has 0 fully saturated rings. The van der Waals surface area contributed by atoms with Crippen LogP contribution >= 0.6 is 11.3 Å². The number of nitrogens with one attached hydrogen (secondary N) is 1. The van der Waals surface area contributed by atoms with E-state index in [2.05, 4.69) is 23.5 Å². The molecule has 2 nitrogen and oxygen atoms in total. The molecule has 3 heteroatoms. The standard InChI is InChI=1S/C12H14N2S/c13-7-10-6-12(15-9-10)8-14-11-4-2-1-3-5-11/h2,4,6,9,11,14H,1,3,5,8H2. The number of hydrogen-bond donors (Lipinski definition) is 1. The molecule has 0 radical (unpaired) electrons. The van der Waals surface area contributed by atoms with Gasteiger partial charge in [-0.3, -0.25) is 0 Å². The van der Waals surface area contributed by atoms with Crippen molar-refractivity contribution in [2.45, 2.75) is 31.8 Å². The lowest BCUT2D eigenvalue weighted by Gasteiger charge is -2.17. The summed E-state index contributed by atoms with van der Waals surface area (Å²) in [5, 5.41) is 14.1. The Hall–Kier alpha value is -1.11. The number of nitriles is 1. The van der Waals surface area contributed by atoms with Gasteiger partial charge in [-0.2, -0.15) is 5.26 Å². The Bertz CT molecular complexity index is 387. The lowest BCUT2D eigenvalue weighted by molar-refractivity contribution is 0.525. The van der Waals surface area contributed by atoms with Gasteiger partial charge < -0.3 is 5.32 Å². The molecule has 15 heavy (non-hydrogen) atoms. The maximum Gasteiger partial charge on any atom is 0.100 e. The van der Waals surface area contributed by atoms with Crippen LogP contribution in [0.2, 0.25) is 0 Å². The van der Waals surface area contributed by atoms with Crippen LogP contribution in [0.15, 0.2) is 23.6 Å². The van der Waals surface area contributed by atoms with Gasteiger partial charge in [0.2, 0.25) is 0 Å². The van der Waals surface area contributed by atoms with E-state index in [1.54, 1.807) is 11.3 Å². The van der Waals surface area contributed by atoms with Crippen LogP contribution in [0.1, 0.15) is 29.7 Å². The first-order valence-corrected chi connectivity index (χ1v) is 6.14. The minimum atomic E-state index is 0.520. The van der Waals surface area contributed by atoms with Gasteiger partial charge in [0.1, 0.15) is 6.07 Å². The van der Waals surface area contributed by atoms with Crippen molar-refractivity contribution in [3.63, 3.8) is 0 Å². The number of rotatable bonds is 3. The van der Waals surface area contributed by atoms with Gasteiger partial charge in [0.25, 0.3) is 0 Å². The van der Waals surface area contributed by atoms with E-state index in [1.807, 2.05) is 11.4 Å². The Morgan fingerprint density at radius 3 is 3.20 bits per heavy atom. The Labute approximate surface area is 94.2 Å². The highest BCUT2D eigenvalue weighted by Crippen LogP contribution is 2.15. The molecule has 2 rings (SSSR count). The summed E-state index contributed by atoms with van der Waals surface area (Å²) in [4.78, 5) is 1.24. The number of nitrogens with zero attached hydrogens (tertiary/aromatic N) is 1. The molecule has 1 heterocycles. The molecule has 1 aliphatic carbocycles. The second-order valence-corrected chi connectivity index (χ2v) is 4.76. The third-order valence-corrected chi connectivity index (χ3v) is 3.51. The summed E-state index contributed by atoms with van der Waals surface area (Å²) in [5.41, 5.74) is 0.774. The maximum absolute atomic E-state index is 8.69. The zero-order valence-corrected chi connectivity index (χ0v) is 9.39. The lowest BCUT2D eigenvalue weighted by atomic mass is 10.0. The first kappa shape index (κ1) is 10.4. The fraction of sp³-hybridized carbons (Fsp3) is 0.417. The quantitative estimate of drug-likeness (QED) is 0.792. The van der Waals surface area contributed by atoms with Crippen LogP contribution < -0.4 is 5.32 Å². The van der Waals surface area contributed by atoms with Crippen LogP contribution in [0, 0.1) is 11.3 Å². The van der Waals surface area contributed by atoms with Gasteiger partial charge in [-0.25, -0.2) is 0 Å². The minimum absolute atomic E-state index is 0.520. The van der Waals surface area contributed by atoms with E-state index in [-0.39, 0.29) is 0 Å². The number of allylic oxidation sites excluding steroid dienone is 1. The molecule has 1 aliphatic rings. The lowest BCUT2D eigenvalue weighted by Crippen LogP contribution is -2.27. The highest BCUT2D eigenvalue weighted by atomic mass is 32.1. The first-order valence-electron chi connectivity index (χ1n) is 5.26. The van der Waals surface area contributed by atoms with Gasteiger partial charge in [-0.05, 0) is 25.3 Å². The van der Waals surface area contributed by atoms with Crippen molar-refractivity contribution in [3.05, 3.63) is 34.0 Å². The topological polar surface area (TPSA) is 35.8 Å².